The molecule has 0 radical (unpaired) electrons. The Bertz CT molecular complexity index is 1440. The topological polar surface area (TPSA) is 66.5 Å². The quantitative estimate of drug-likeness (QED) is 0.365. The smallest absolute Gasteiger partial charge is 0.258 e. The molecule has 4 aromatic rings. The molecule has 0 spiro atoms. The van der Waals surface area contributed by atoms with Gasteiger partial charge in [-0.2, -0.15) is 0 Å². The number of nitrogens with one attached hydrogen (secondary N) is 1. The minimum Gasteiger partial charge on any atom is -0.322 e. The van der Waals surface area contributed by atoms with Gasteiger partial charge in [0.25, 0.3) is 11.8 Å². The third kappa shape index (κ3) is 4.68. The normalized spacial score (nSPS) is 13.0. The third-order valence-corrected chi connectivity index (χ3v) is 6.45. The first kappa shape index (κ1) is 23.2. The number of ketones is 1. The molecule has 178 valence electrons. The van der Waals surface area contributed by atoms with Crippen LogP contribution < -0.4 is 10.2 Å². The summed E-state index contributed by atoms with van der Waals surface area (Å²) in [5.74, 6) is -0.324. The van der Waals surface area contributed by atoms with Crippen molar-refractivity contribution in [3.63, 3.8) is 0 Å². The van der Waals surface area contributed by atoms with Crippen LogP contribution >= 0.6 is 0 Å². The van der Waals surface area contributed by atoms with E-state index in [4.69, 9.17) is 0 Å². The summed E-state index contributed by atoms with van der Waals surface area (Å²) in [6.45, 7) is 2.51. The number of fused-ring (bicyclic) bond motifs is 1. The molecule has 0 fully saturated rings. The lowest BCUT2D eigenvalue weighted by molar-refractivity contribution is 0.0973. The first-order chi connectivity index (χ1) is 17.5. The first-order valence-electron chi connectivity index (χ1n) is 12.0. The summed E-state index contributed by atoms with van der Waals surface area (Å²) in [4.78, 5) is 40.6. The minimum absolute atomic E-state index is 0.0601. The van der Waals surface area contributed by atoms with Crippen LogP contribution in [0, 0.1) is 6.92 Å². The Labute approximate surface area is 210 Å². The van der Waals surface area contributed by atoms with Crippen molar-refractivity contribution >= 4 is 29.0 Å². The van der Waals surface area contributed by atoms with Crippen molar-refractivity contribution in [2.75, 3.05) is 16.8 Å². The molecule has 0 saturated carbocycles. The molecule has 0 aliphatic carbocycles. The Hall–Kier alpha value is -4.51. The van der Waals surface area contributed by atoms with E-state index in [2.05, 4.69) is 5.32 Å². The predicted octanol–water partition coefficient (Wildman–Crippen LogP) is 6.54. The molecule has 0 aromatic heterocycles. The number of hydrogen-bond acceptors (Lipinski definition) is 3. The number of anilines is 2. The van der Waals surface area contributed by atoms with E-state index in [9.17, 15) is 14.4 Å². The fourth-order valence-corrected chi connectivity index (χ4v) is 4.52. The van der Waals surface area contributed by atoms with E-state index in [0.29, 0.717) is 47.5 Å². The lowest BCUT2D eigenvalue weighted by atomic mass is 9.98. The van der Waals surface area contributed by atoms with E-state index in [-0.39, 0.29) is 17.6 Å². The van der Waals surface area contributed by atoms with E-state index >= 15 is 0 Å². The van der Waals surface area contributed by atoms with Crippen molar-refractivity contribution in [1.82, 2.24) is 0 Å². The molecule has 4 aromatic carbocycles. The Morgan fingerprint density at radius 1 is 0.778 bits per heavy atom. The molecule has 5 heteroatoms. The van der Waals surface area contributed by atoms with Crippen LogP contribution in [-0.2, 0) is 0 Å². The maximum Gasteiger partial charge on any atom is 0.258 e. The van der Waals surface area contributed by atoms with Gasteiger partial charge in [-0.05, 0) is 66.9 Å². The molecule has 0 bridgehead atoms. The average molecular weight is 475 g/mol. The summed E-state index contributed by atoms with van der Waals surface area (Å²) in [6, 6.07) is 29.7. The molecule has 5 nitrogen and oxygen atoms in total. The predicted molar refractivity (Wildman–Crippen MR) is 143 cm³/mol. The SMILES string of the molecule is Cc1ccc(-c2ccccc2C(=O)Nc2ccc(C(=O)N3CCCC(=O)c4ccccc43)cc2)cc1. The van der Waals surface area contributed by atoms with Gasteiger partial charge in [0.2, 0.25) is 0 Å². The zero-order valence-corrected chi connectivity index (χ0v) is 20.0. The van der Waals surface area contributed by atoms with Gasteiger partial charge in [0.1, 0.15) is 0 Å². The van der Waals surface area contributed by atoms with Crippen LogP contribution in [0.5, 0.6) is 0 Å². The standard InChI is InChI=1S/C31H26N2O3/c1-21-12-14-22(15-13-21)25-7-2-3-8-26(25)30(35)32-24-18-16-23(17-19-24)31(36)33-20-6-11-29(34)27-9-4-5-10-28(27)33/h2-5,7-10,12-19H,6,11,20H2,1H3,(H,32,35). The number of aryl methyl sites for hydroxylation is 1. The van der Waals surface area contributed by atoms with Gasteiger partial charge >= 0.3 is 0 Å². The zero-order valence-electron chi connectivity index (χ0n) is 20.0. The van der Waals surface area contributed by atoms with Crippen LogP contribution in [0.1, 0.15) is 49.5 Å². The van der Waals surface area contributed by atoms with Crippen molar-refractivity contribution < 1.29 is 14.4 Å². The lowest BCUT2D eigenvalue weighted by Crippen LogP contribution is -2.31. The second-order valence-electron chi connectivity index (χ2n) is 8.94. The lowest BCUT2D eigenvalue weighted by Gasteiger charge is -2.22. The molecule has 1 N–H and O–H groups in total. The molecule has 0 atom stereocenters. The molecule has 0 unspecified atom stereocenters. The molecule has 1 aliphatic rings. The van der Waals surface area contributed by atoms with E-state index in [0.717, 1.165) is 16.7 Å². The Morgan fingerprint density at radius 3 is 2.19 bits per heavy atom. The monoisotopic (exact) mass is 474 g/mol. The van der Waals surface area contributed by atoms with Crippen molar-refractivity contribution in [2.45, 2.75) is 19.8 Å². The Kier molecular flexibility index (Phi) is 6.46. The summed E-state index contributed by atoms with van der Waals surface area (Å²) < 4.78 is 0. The summed E-state index contributed by atoms with van der Waals surface area (Å²) in [5.41, 5.74) is 5.89. The molecular weight excluding hydrogens is 448 g/mol. The summed E-state index contributed by atoms with van der Waals surface area (Å²) in [7, 11) is 0. The Balaban J connectivity index is 1.35. The number of amides is 2. The van der Waals surface area contributed by atoms with Crippen LogP contribution in [0.3, 0.4) is 0 Å². The highest BCUT2D eigenvalue weighted by molar-refractivity contribution is 6.12. The van der Waals surface area contributed by atoms with E-state index in [1.54, 1.807) is 41.3 Å². The minimum atomic E-state index is -0.217. The maximum atomic E-state index is 13.3. The number of para-hydroxylation sites is 1. The highest BCUT2D eigenvalue weighted by Crippen LogP contribution is 2.28. The van der Waals surface area contributed by atoms with Gasteiger partial charge in [0, 0.05) is 35.3 Å². The van der Waals surface area contributed by atoms with Gasteiger partial charge in [-0.1, -0.05) is 60.2 Å². The number of Topliss-reactive ketones (excluding diaryl/α,β-unsaturated/α-hetero) is 1. The second kappa shape index (κ2) is 10.0. The largest absolute Gasteiger partial charge is 0.322 e. The van der Waals surface area contributed by atoms with Gasteiger partial charge in [-0.3, -0.25) is 14.4 Å². The molecule has 2 amide bonds. The number of benzene rings is 4. The number of carbonyl (C=O) groups is 3. The van der Waals surface area contributed by atoms with Crippen LogP contribution in [0.4, 0.5) is 11.4 Å². The van der Waals surface area contributed by atoms with Gasteiger partial charge in [-0.25, -0.2) is 0 Å². The molecule has 36 heavy (non-hydrogen) atoms. The fraction of sp³-hybridized carbons (Fsp3) is 0.129. The highest BCUT2D eigenvalue weighted by Gasteiger charge is 2.25. The summed E-state index contributed by atoms with van der Waals surface area (Å²) in [6.07, 6.45) is 1.05. The molecule has 1 heterocycles. The van der Waals surface area contributed by atoms with E-state index in [1.165, 1.54) is 0 Å². The zero-order chi connectivity index (χ0) is 25.1. The van der Waals surface area contributed by atoms with Crippen molar-refractivity contribution in [3.8, 4) is 11.1 Å². The number of rotatable bonds is 4. The summed E-state index contributed by atoms with van der Waals surface area (Å²) >= 11 is 0. The number of carbonyl (C=O) groups excluding carboxylic acids is 3. The fourth-order valence-electron chi connectivity index (χ4n) is 4.52. The molecular formula is C31H26N2O3. The van der Waals surface area contributed by atoms with Gasteiger partial charge in [0.15, 0.2) is 5.78 Å². The third-order valence-electron chi connectivity index (χ3n) is 6.45. The average Bonchev–Trinajstić information content (AvgIpc) is 3.08. The van der Waals surface area contributed by atoms with Crippen LogP contribution in [0.25, 0.3) is 11.1 Å². The number of nitrogens with zero attached hydrogens (tertiary/aromatic N) is 1. The maximum absolute atomic E-state index is 13.3. The number of hydrogen-bond donors (Lipinski definition) is 1. The molecule has 5 rings (SSSR count). The molecule has 0 saturated heterocycles. The van der Waals surface area contributed by atoms with Gasteiger partial charge in [0.05, 0.1) is 5.69 Å². The first-order valence-corrected chi connectivity index (χ1v) is 12.0. The Morgan fingerprint density at radius 2 is 1.44 bits per heavy atom. The summed E-state index contributed by atoms with van der Waals surface area (Å²) in [5, 5.41) is 2.95. The molecule has 1 aliphatic heterocycles. The van der Waals surface area contributed by atoms with Crippen LogP contribution in [-0.4, -0.2) is 24.1 Å². The van der Waals surface area contributed by atoms with Crippen LogP contribution in [0.15, 0.2) is 97.1 Å². The van der Waals surface area contributed by atoms with E-state index < -0.39 is 0 Å². The highest BCUT2D eigenvalue weighted by atomic mass is 16.2. The van der Waals surface area contributed by atoms with Crippen LogP contribution in [0.2, 0.25) is 0 Å². The van der Waals surface area contributed by atoms with Gasteiger partial charge in [-0.15, -0.1) is 0 Å². The second-order valence-corrected chi connectivity index (χ2v) is 8.94. The van der Waals surface area contributed by atoms with Crippen molar-refractivity contribution in [1.29, 1.82) is 0 Å². The van der Waals surface area contributed by atoms with Crippen molar-refractivity contribution in [3.05, 3.63) is 119 Å². The van der Waals surface area contributed by atoms with Crippen molar-refractivity contribution in [2.24, 2.45) is 0 Å². The van der Waals surface area contributed by atoms with E-state index in [1.807, 2.05) is 67.6 Å². The van der Waals surface area contributed by atoms with Gasteiger partial charge < -0.3 is 10.2 Å².